The smallest absolute Gasteiger partial charge is 0.337 e. The standard InChI is InChI=1S/C14H11NO3/c1-18-14(17)12-5-6-15-13(8-12)11-4-2-3-10(7-11)9-16/h2-9H,1H3. The molecular formula is C14H11NO3. The fraction of sp³-hybridized carbons (Fsp3) is 0.0714. The largest absolute Gasteiger partial charge is 0.465 e. The van der Waals surface area contributed by atoms with Crippen molar-refractivity contribution in [1.82, 2.24) is 4.98 Å². The third-order valence-electron chi connectivity index (χ3n) is 2.50. The minimum Gasteiger partial charge on any atom is -0.465 e. The maximum atomic E-state index is 11.4. The molecule has 0 bridgehead atoms. The van der Waals surface area contributed by atoms with E-state index in [0.29, 0.717) is 16.8 Å². The van der Waals surface area contributed by atoms with Crippen molar-refractivity contribution in [2.75, 3.05) is 7.11 Å². The lowest BCUT2D eigenvalue weighted by Crippen LogP contribution is -2.01. The van der Waals surface area contributed by atoms with E-state index in [-0.39, 0.29) is 0 Å². The highest BCUT2D eigenvalue weighted by Gasteiger charge is 2.07. The van der Waals surface area contributed by atoms with E-state index in [4.69, 9.17) is 0 Å². The Morgan fingerprint density at radius 2 is 2.11 bits per heavy atom. The Labute approximate surface area is 104 Å². The van der Waals surface area contributed by atoms with Gasteiger partial charge >= 0.3 is 5.97 Å². The van der Waals surface area contributed by atoms with Gasteiger partial charge in [-0.3, -0.25) is 9.78 Å². The summed E-state index contributed by atoms with van der Waals surface area (Å²) in [6.07, 6.45) is 2.31. The Kier molecular flexibility index (Phi) is 3.48. The monoisotopic (exact) mass is 241 g/mol. The average molecular weight is 241 g/mol. The topological polar surface area (TPSA) is 56.3 Å². The molecule has 0 aliphatic rings. The van der Waals surface area contributed by atoms with Gasteiger partial charge < -0.3 is 4.74 Å². The number of pyridine rings is 1. The molecular weight excluding hydrogens is 230 g/mol. The van der Waals surface area contributed by atoms with Crippen LogP contribution in [0.1, 0.15) is 20.7 Å². The molecule has 1 heterocycles. The fourth-order valence-electron chi connectivity index (χ4n) is 1.60. The molecule has 90 valence electrons. The Balaban J connectivity index is 2.44. The van der Waals surface area contributed by atoms with Crippen LogP contribution >= 0.6 is 0 Å². The molecule has 1 aromatic carbocycles. The maximum Gasteiger partial charge on any atom is 0.337 e. The summed E-state index contributed by atoms with van der Waals surface area (Å²) < 4.78 is 4.65. The molecule has 0 saturated heterocycles. The molecule has 0 N–H and O–H groups in total. The second-order valence-corrected chi connectivity index (χ2v) is 3.66. The Morgan fingerprint density at radius 3 is 2.83 bits per heavy atom. The predicted octanol–water partition coefficient (Wildman–Crippen LogP) is 2.35. The number of aldehydes is 1. The van der Waals surface area contributed by atoms with Crippen LogP contribution in [-0.4, -0.2) is 24.3 Å². The zero-order valence-corrected chi connectivity index (χ0v) is 9.79. The highest BCUT2D eigenvalue weighted by molar-refractivity contribution is 5.90. The first kappa shape index (κ1) is 12.0. The van der Waals surface area contributed by atoms with Crippen LogP contribution in [0.3, 0.4) is 0 Å². The molecule has 0 fully saturated rings. The number of carbonyl (C=O) groups excluding carboxylic acids is 2. The van der Waals surface area contributed by atoms with Crippen molar-refractivity contribution in [3.63, 3.8) is 0 Å². The van der Waals surface area contributed by atoms with Gasteiger partial charge in [-0.2, -0.15) is 0 Å². The number of benzene rings is 1. The summed E-state index contributed by atoms with van der Waals surface area (Å²) in [6.45, 7) is 0. The van der Waals surface area contributed by atoms with Gasteiger partial charge in [-0.25, -0.2) is 4.79 Å². The van der Waals surface area contributed by atoms with E-state index in [2.05, 4.69) is 9.72 Å². The third kappa shape index (κ3) is 2.43. The van der Waals surface area contributed by atoms with Gasteiger partial charge in [-0.1, -0.05) is 18.2 Å². The maximum absolute atomic E-state index is 11.4. The zero-order chi connectivity index (χ0) is 13.0. The summed E-state index contributed by atoms with van der Waals surface area (Å²) in [7, 11) is 1.33. The average Bonchev–Trinajstić information content (AvgIpc) is 2.46. The fourth-order valence-corrected chi connectivity index (χ4v) is 1.60. The second kappa shape index (κ2) is 5.23. The van der Waals surface area contributed by atoms with Gasteiger partial charge in [0.1, 0.15) is 6.29 Å². The van der Waals surface area contributed by atoms with Crippen molar-refractivity contribution in [2.24, 2.45) is 0 Å². The predicted molar refractivity (Wildman–Crippen MR) is 66.4 cm³/mol. The number of aromatic nitrogens is 1. The molecule has 0 radical (unpaired) electrons. The summed E-state index contributed by atoms with van der Waals surface area (Å²) in [5, 5.41) is 0. The molecule has 0 spiro atoms. The lowest BCUT2D eigenvalue weighted by atomic mass is 10.1. The number of methoxy groups -OCH3 is 1. The minimum absolute atomic E-state index is 0.412. The van der Waals surface area contributed by atoms with E-state index in [1.165, 1.54) is 13.3 Å². The number of rotatable bonds is 3. The van der Waals surface area contributed by atoms with Crippen molar-refractivity contribution >= 4 is 12.3 Å². The summed E-state index contributed by atoms with van der Waals surface area (Å²) >= 11 is 0. The molecule has 0 saturated carbocycles. The van der Waals surface area contributed by atoms with Gasteiger partial charge in [0.25, 0.3) is 0 Å². The normalized spacial score (nSPS) is 9.83. The molecule has 4 nitrogen and oxygen atoms in total. The van der Waals surface area contributed by atoms with Gasteiger partial charge in [-0.05, 0) is 18.2 Å². The molecule has 0 atom stereocenters. The molecule has 18 heavy (non-hydrogen) atoms. The van der Waals surface area contributed by atoms with E-state index >= 15 is 0 Å². The Bertz CT molecular complexity index is 593. The summed E-state index contributed by atoms with van der Waals surface area (Å²) in [4.78, 5) is 26.3. The van der Waals surface area contributed by atoms with Gasteiger partial charge in [0, 0.05) is 17.3 Å². The molecule has 2 rings (SSSR count). The molecule has 0 amide bonds. The van der Waals surface area contributed by atoms with Crippen LogP contribution < -0.4 is 0 Å². The van der Waals surface area contributed by atoms with Crippen molar-refractivity contribution in [2.45, 2.75) is 0 Å². The summed E-state index contributed by atoms with van der Waals surface area (Å²) in [5.74, 6) is -0.412. The first-order valence-corrected chi connectivity index (χ1v) is 5.34. The molecule has 2 aromatic rings. The SMILES string of the molecule is COC(=O)c1ccnc(-c2cccc(C=O)c2)c1. The lowest BCUT2D eigenvalue weighted by Gasteiger charge is -2.04. The van der Waals surface area contributed by atoms with Crippen molar-refractivity contribution in [3.8, 4) is 11.3 Å². The quantitative estimate of drug-likeness (QED) is 0.611. The van der Waals surface area contributed by atoms with Crippen LogP contribution in [0.2, 0.25) is 0 Å². The van der Waals surface area contributed by atoms with Crippen molar-refractivity contribution in [1.29, 1.82) is 0 Å². The van der Waals surface area contributed by atoms with Crippen LogP contribution in [0.15, 0.2) is 42.6 Å². The molecule has 0 aliphatic heterocycles. The number of hydrogen-bond donors (Lipinski definition) is 0. The van der Waals surface area contributed by atoms with E-state index < -0.39 is 5.97 Å². The van der Waals surface area contributed by atoms with Gasteiger partial charge in [0.05, 0.1) is 18.4 Å². The van der Waals surface area contributed by atoms with Gasteiger partial charge in [0.15, 0.2) is 0 Å². The summed E-state index contributed by atoms with van der Waals surface area (Å²) in [5.41, 5.74) is 2.41. The Hall–Kier alpha value is -2.49. The highest BCUT2D eigenvalue weighted by atomic mass is 16.5. The lowest BCUT2D eigenvalue weighted by molar-refractivity contribution is 0.0600. The van der Waals surface area contributed by atoms with Crippen LogP contribution in [-0.2, 0) is 4.74 Å². The number of nitrogens with zero attached hydrogens (tertiary/aromatic N) is 1. The van der Waals surface area contributed by atoms with Crippen LogP contribution in [0.25, 0.3) is 11.3 Å². The number of carbonyl (C=O) groups is 2. The van der Waals surface area contributed by atoms with E-state index in [1.54, 1.807) is 30.3 Å². The van der Waals surface area contributed by atoms with Crippen LogP contribution in [0.4, 0.5) is 0 Å². The van der Waals surface area contributed by atoms with E-state index in [9.17, 15) is 9.59 Å². The van der Waals surface area contributed by atoms with Gasteiger partial charge in [0.2, 0.25) is 0 Å². The second-order valence-electron chi connectivity index (χ2n) is 3.66. The first-order valence-electron chi connectivity index (χ1n) is 5.34. The van der Waals surface area contributed by atoms with Crippen molar-refractivity contribution < 1.29 is 14.3 Å². The summed E-state index contributed by atoms with van der Waals surface area (Å²) in [6, 6.07) is 10.2. The zero-order valence-electron chi connectivity index (χ0n) is 9.79. The Morgan fingerprint density at radius 1 is 1.28 bits per heavy atom. The van der Waals surface area contributed by atoms with E-state index in [1.807, 2.05) is 6.07 Å². The minimum atomic E-state index is -0.412. The van der Waals surface area contributed by atoms with Gasteiger partial charge in [-0.15, -0.1) is 0 Å². The van der Waals surface area contributed by atoms with E-state index in [0.717, 1.165) is 11.8 Å². The number of esters is 1. The molecule has 0 aliphatic carbocycles. The van der Waals surface area contributed by atoms with Crippen LogP contribution in [0.5, 0.6) is 0 Å². The number of hydrogen-bond acceptors (Lipinski definition) is 4. The molecule has 1 aromatic heterocycles. The van der Waals surface area contributed by atoms with Crippen LogP contribution in [0, 0.1) is 0 Å². The first-order chi connectivity index (χ1) is 8.74. The highest BCUT2D eigenvalue weighted by Crippen LogP contribution is 2.19. The third-order valence-corrected chi connectivity index (χ3v) is 2.50. The van der Waals surface area contributed by atoms with Crippen molar-refractivity contribution in [3.05, 3.63) is 53.7 Å². The molecule has 0 unspecified atom stereocenters. The molecule has 4 heteroatoms. The number of ether oxygens (including phenoxy) is 1.